The van der Waals surface area contributed by atoms with E-state index in [4.69, 9.17) is 15.2 Å². The van der Waals surface area contributed by atoms with E-state index in [1.165, 1.54) is 18.6 Å². The third kappa shape index (κ3) is 7.26. The van der Waals surface area contributed by atoms with E-state index in [1.807, 2.05) is 4.90 Å². The fourth-order valence-electron chi connectivity index (χ4n) is 3.81. The van der Waals surface area contributed by atoms with Crippen LogP contribution in [0.3, 0.4) is 0 Å². The lowest BCUT2D eigenvalue weighted by Gasteiger charge is -2.18. The number of anilines is 3. The fourth-order valence-corrected chi connectivity index (χ4v) is 3.81. The lowest BCUT2D eigenvalue weighted by Crippen LogP contribution is -2.28. The molecule has 41 heavy (non-hydrogen) atoms. The van der Waals surface area contributed by atoms with Gasteiger partial charge >= 0.3 is 12.2 Å². The number of fused-ring (bicyclic) bond motifs is 1. The summed E-state index contributed by atoms with van der Waals surface area (Å²) in [6.45, 7) is 1.42. The van der Waals surface area contributed by atoms with E-state index >= 15 is 0 Å². The molecule has 4 aromatic rings. The molecule has 0 atom stereocenters. The highest BCUT2D eigenvalue weighted by molar-refractivity contribution is 5.99. The number of urea groups is 1. The summed E-state index contributed by atoms with van der Waals surface area (Å²) in [5.74, 6) is -0.529. The zero-order chi connectivity index (χ0) is 29.6. The first kappa shape index (κ1) is 29.2. The lowest BCUT2D eigenvalue weighted by atomic mass is 10.2. The molecule has 1 aromatic carbocycles. The van der Waals surface area contributed by atoms with Crippen molar-refractivity contribution in [3.8, 4) is 11.6 Å². The first-order valence-electron chi connectivity index (χ1n) is 12.2. The minimum Gasteiger partial charge on any atom is -0.476 e. The summed E-state index contributed by atoms with van der Waals surface area (Å²) in [5, 5.41) is 5.07. The number of carbonyl (C=O) groups excluding carboxylic acids is 1. The number of carbonyl (C=O) groups is 1. The van der Waals surface area contributed by atoms with Crippen LogP contribution in [0.4, 0.5) is 35.2 Å². The zero-order valence-corrected chi connectivity index (χ0v) is 22.1. The maximum absolute atomic E-state index is 13.7. The van der Waals surface area contributed by atoms with Crippen LogP contribution in [0.5, 0.6) is 5.88 Å². The predicted octanol–water partition coefficient (Wildman–Crippen LogP) is 3.38. The molecule has 2 amide bonds. The maximum atomic E-state index is 13.7. The van der Waals surface area contributed by atoms with Crippen molar-refractivity contribution in [3.05, 3.63) is 70.9 Å². The number of alkyl halides is 3. The number of ether oxygens (including phenoxy) is 2. The third-order valence-electron chi connectivity index (χ3n) is 5.91. The molecule has 0 fully saturated rings. The first-order valence-corrected chi connectivity index (χ1v) is 12.2. The van der Waals surface area contributed by atoms with Crippen LogP contribution in [0.2, 0.25) is 0 Å². The van der Waals surface area contributed by atoms with Gasteiger partial charge in [-0.15, -0.1) is 0 Å². The standard InChI is InChI=1S/C26H27F3N8O4/c1-36(9-11-40-2)10-12-41-24-19(26(27,28)29)13-17(14-31-24)35-25(39)34-16-3-5-18(6-4-16)37-8-7-20(38)21-22(30)32-15-33-23(21)37/h3-8,13-15H,9-12H2,1-2H3,(H2,30,32,33)(H2,34,35,39). The van der Waals surface area contributed by atoms with Gasteiger partial charge in [-0.1, -0.05) is 0 Å². The summed E-state index contributed by atoms with van der Waals surface area (Å²) in [5.41, 5.74) is 5.50. The van der Waals surface area contributed by atoms with Crippen LogP contribution in [-0.2, 0) is 10.9 Å². The largest absolute Gasteiger partial charge is 0.476 e. The molecule has 3 aromatic heterocycles. The quantitative estimate of drug-likeness (QED) is 0.260. The van der Waals surface area contributed by atoms with Crippen molar-refractivity contribution >= 4 is 34.3 Å². The molecule has 0 saturated heterocycles. The highest BCUT2D eigenvalue weighted by Gasteiger charge is 2.36. The molecule has 0 aliphatic carbocycles. The van der Waals surface area contributed by atoms with Crippen LogP contribution in [0.1, 0.15) is 5.56 Å². The Labute approximate surface area is 231 Å². The van der Waals surface area contributed by atoms with Gasteiger partial charge in [0.25, 0.3) is 0 Å². The summed E-state index contributed by atoms with van der Waals surface area (Å²) < 4.78 is 52.9. The number of rotatable bonds is 10. The summed E-state index contributed by atoms with van der Waals surface area (Å²) in [7, 11) is 3.35. The third-order valence-corrected chi connectivity index (χ3v) is 5.91. The van der Waals surface area contributed by atoms with Crippen LogP contribution in [-0.4, -0.2) is 70.9 Å². The molecule has 0 bridgehead atoms. The Kier molecular flexibility index (Phi) is 8.99. The van der Waals surface area contributed by atoms with E-state index in [0.717, 1.165) is 12.3 Å². The Morgan fingerprint density at radius 1 is 1.05 bits per heavy atom. The number of amides is 2. The Balaban J connectivity index is 1.43. The number of nitrogens with one attached hydrogen (secondary N) is 2. The van der Waals surface area contributed by atoms with Crippen molar-refractivity contribution in [1.82, 2.24) is 24.4 Å². The Morgan fingerprint density at radius 2 is 1.76 bits per heavy atom. The number of methoxy groups -OCH3 is 1. The van der Waals surface area contributed by atoms with Gasteiger partial charge in [-0.05, 0) is 37.4 Å². The van der Waals surface area contributed by atoms with Gasteiger partial charge in [-0.2, -0.15) is 13.2 Å². The number of nitrogens with zero attached hydrogens (tertiary/aromatic N) is 5. The number of hydrogen-bond acceptors (Lipinski definition) is 9. The zero-order valence-electron chi connectivity index (χ0n) is 22.1. The van der Waals surface area contributed by atoms with Gasteiger partial charge in [0.1, 0.15) is 29.7 Å². The number of hydrogen-bond donors (Lipinski definition) is 3. The molecule has 0 unspecified atom stereocenters. The van der Waals surface area contributed by atoms with Crippen molar-refractivity contribution in [2.75, 3.05) is 56.8 Å². The van der Waals surface area contributed by atoms with Gasteiger partial charge in [0, 0.05) is 43.8 Å². The van der Waals surface area contributed by atoms with Crippen LogP contribution < -0.4 is 26.5 Å². The number of nitrogen functional groups attached to an aromatic ring is 1. The molecule has 4 rings (SSSR count). The van der Waals surface area contributed by atoms with Crippen LogP contribution in [0.25, 0.3) is 16.7 Å². The first-order chi connectivity index (χ1) is 19.6. The summed E-state index contributed by atoms with van der Waals surface area (Å²) in [6.07, 6.45) is -0.897. The van der Waals surface area contributed by atoms with Crippen LogP contribution in [0, 0.1) is 0 Å². The summed E-state index contributed by atoms with van der Waals surface area (Å²) in [6, 6.07) is 7.76. The predicted molar refractivity (Wildman–Crippen MR) is 146 cm³/mol. The van der Waals surface area contributed by atoms with Gasteiger partial charge in [0.15, 0.2) is 11.1 Å². The average molecular weight is 573 g/mol. The monoisotopic (exact) mass is 572 g/mol. The van der Waals surface area contributed by atoms with E-state index in [-0.39, 0.29) is 28.9 Å². The summed E-state index contributed by atoms with van der Waals surface area (Å²) >= 11 is 0. The molecule has 15 heteroatoms. The van der Waals surface area contributed by atoms with Gasteiger partial charge < -0.3 is 35.3 Å². The molecule has 0 aliphatic heterocycles. The minimum absolute atomic E-state index is 0.0188. The van der Waals surface area contributed by atoms with E-state index in [2.05, 4.69) is 25.6 Å². The van der Waals surface area contributed by atoms with Gasteiger partial charge in [-0.3, -0.25) is 4.79 Å². The number of pyridine rings is 2. The highest BCUT2D eigenvalue weighted by atomic mass is 19.4. The average Bonchev–Trinajstić information content (AvgIpc) is 2.93. The van der Waals surface area contributed by atoms with Crippen molar-refractivity contribution in [1.29, 1.82) is 0 Å². The Morgan fingerprint density at radius 3 is 2.46 bits per heavy atom. The van der Waals surface area contributed by atoms with Gasteiger partial charge in [0.05, 0.1) is 18.5 Å². The maximum Gasteiger partial charge on any atom is 0.421 e. The number of aromatic nitrogens is 4. The van der Waals surface area contributed by atoms with E-state index in [1.54, 1.807) is 43.0 Å². The second-order valence-electron chi connectivity index (χ2n) is 8.85. The van der Waals surface area contributed by atoms with Crippen molar-refractivity contribution < 1.29 is 27.4 Å². The normalized spacial score (nSPS) is 11.6. The molecule has 12 nitrogen and oxygen atoms in total. The highest BCUT2D eigenvalue weighted by Crippen LogP contribution is 2.36. The van der Waals surface area contributed by atoms with Crippen molar-refractivity contribution in [2.45, 2.75) is 6.18 Å². The molecular formula is C26H27F3N8O4. The molecule has 0 spiro atoms. The summed E-state index contributed by atoms with van der Waals surface area (Å²) in [4.78, 5) is 38.3. The molecule has 0 aliphatic rings. The van der Waals surface area contributed by atoms with Gasteiger partial charge in [-0.25, -0.2) is 19.7 Å². The molecule has 0 radical (unpaired) electrons. The number of nitrogens with two attached hydrogens (primary N) is 1. The topological polar surface area (TPSA) is 150 Å². The second kappa shape index (κ2) is 12.6. The molecule has 4 N–H and O–H groups in total. The molecule has 216 valence electrons. The molecule has 0 saturated carbocycles. The number of halogens is 3. The van der Waals surface area contributed by atoms with E-state index < -0.39 is 23.7 Å². The number of likely N-dealkylation sites (N-methyl/N-ethyl adjacent to an activating group) is 1. The second-order valence-corrected chi connectivity index (χ2v) is 8.85. The molecular weight excluding hydrogens is 545 g/mol. The van der Waals surface area contributed by atoms with Crippen LogP contribution >= 0.6 is 0 Å². The van der Waals surface area contributed by atoms with E-state index in [0.29, 0.717) is 36.7 Å². The minimum atomic E-state index is -4.75. The SMILES string of the molecule is COCCN(C)CCOc1ncc(NC(=O)Nc2ccc(-n3ccc(=O)c4c(N)ncnc43)cc2)cc1C(F)(F)F. The lowest BCUT2D eigenvalue weighted by molar-refractivity contribution is -0.139. The molecule has 3 heterocycles. The van der Waals surface area contributed by atoms with Gasteiger partial charge in [0.2, 0.25) is 5.88 Å². The Hall–Kier alpha value is -4.76. The van der Waals surface area contributed by atoms with Crippen LogP contribution in [0.15, 0.2) is 59.9 Å². The number of benzene rings is 1. The van der Waals surface area contributed by atoms with Crippen molar-refractivity contribution in [3.63, 3.8) is 0 Å². The van der Waals surface area contributed by atoms with E-state index in [9.17, 15) is 22.8 Å². The Bertz CT molecular complexity index is 1580. The fraction of sp³-hybridized carbons (Fsp3) is 0.269. The van der Waals surface area contributed by atoms with Crippen molar-refractivity contribution in [2.24, 2.45) is 0 Å². The smallest absolute Gasteiger partial charge is 0.421 e.